The lowest BCUT2D eigenvalue weighted by atomic mass is 9.97. The van der Waals surface area contributed by atoms with Crippen molar-refractivity contribution < 1.29 is 14.3 Å². The topological polar surface area (TPSA) is 87.7 Å². The van der Waals surface area contributed by atoms with Gasteiger partial charge in [0, 0.05) is 61.5 Å². The molecule has 1 N–H and O–H groups in total. The van der Waals surface area contributed by atoms with E-state index in [-0.39, 0.29) is 23.8 Å². The van der Waals surface area contributed by atoms with E-state index in [0.29, 0.717) is 30.2 Å². The third-order valence-electron chi connectivity index (χ3n) is 8.18. The van der Waals surface area contributed by atoms with Crippen molar-refractivity contribution in [2.45, 2.75) is 44.2 Å². The Morgan fingerprint density at radius 3 is 2.41 bits per heavy atom. The van der Waals surface area contributed by atoms with Gasteiger partial charge in [-0.2, -0.15) is 0 Å². The standard InChI is InChI=1S/C32H35N5O3S/c1-40-29-19-27(34-26-10-6-5-9-25(26)29)32(39)37-17-11-23(12-18-37)31-35-28(21-41-31)30(38)33-24-13-15-36(16-14-24)20-22-7-3-2-4-8-22/h2-10,19,21,23-24H,11-18,20H2,1H3,(H,33,38). The Labute approximate surface area is 244 Å². The highest BCUT2D eigenvalue weighted by atomic mass is 32.1. The minimum atomic E-state index is -0.0852. The molecule has 2 saturated heterocycles. The van der Waals surface area contributed by atoms with E-state index in [1.165, 1.54) is 5.56 Å². The summed E-state index contributed by atoms with van der Waals surface area (Å²) in [6.07, 6.45) is 3.51. The first kappa shape index (κ1) is 27.4. The van der Waals surface area contributed by atoms with Crippen molar-refractivity contribution in [1.29, 1.82) is 0 Å². The van der Waals surface area contributed by atoms with Crippen LogP contribution in [0.3, 0.4) is 0 Å². The second kappa shape index (κ2) is 12.4. The molecule has 41 heavy (non-hydrogen) atoms. The van der Waals surface area contributed by atoms with Gasteiger partial charge in [-0.15, -0.1) is 11.3 Å². The second-order valence-electron chi connectivity index (χ2n) is 10.9. The molecule has 8 nitrogen and oxygen atoms in total. The summed E-state index contributed by atoms with van der Waals surface area (Å²) in [5.74, 6) is 0.727. The van der Waals surface area contributed by atoms with E-state index in [4.69, 9.17) is 9.72 Å². The van der Waals surface area contributed by atoms with Crippen molar-refractivity contribution in [2.75, 3.05) is 33.3 Å². The number of rotatable bonds is 7. The number of piperidine rings is 2. The van der Waals surface area contributed by atoms with Crippen molar-refractivity contribution in [1.82, 2.24) is 25.1 Å². The van der Waals surface area contributed by atoms with E-state index in [1.54, 1.807) is 24.5 Å². The molecule has 2 aromatic heterocycles. The lowest BCUT2D eigenvalue weighted by Crippen LogP contribution is -2.44. The molecule has 2 aromatic carbocycles. The van der Waals surface area contributed by atoms with E-state index in [0.717, 1.165) is 61.2 Å². The molecule has 0 saturated carbocycles. The summed E-state index contributed by atoms with van der Waals surface area (Å²) in [6, 6.07) is 20.1. The summed E-state index contributed by atoms with van der Waals surface area (Å²) < 4.78 is 5.52. The van der Waals surface area contributed by atoms with Gasteiger partial charge in [0.1, 0.15) is 17.1 Å². The highest BCUT2D eigenvalue weighted by molar-refractivity contribution is 7.09. The van der Waals surface area contributed by atoms with Gasteiger partial charge in [-0.05, 0) is 43.4 Å². The number of nitrogens with one attached hydrogen (secondary N) is 1. The van der Waals surface area contributed by atoms with E-state index >= 15 is 0 Å². The summed E-state index contributed by atoms with van der Waals surface area (Å²) >= 11 is 1.55. The van der Waals surface area contributed by atoms with Crippen LogP contribution in [0.25, 0.3) is 10.9 Å². The van der Waals surface area contributed by atoms with Gasteiger partial charge in [0.15, 0.2) is 0 Å². The van der Waals surface area contributed by atoms with Crippen LogP contribution >= 0.6 is 11.3 Å². The molecule has 0 spiro atoms. The number of benzene rings is 2. The van der Waals surface area contributed by atoms with Crippen LogP contribution in [0.1, 0.15) is 63.1 Å². The Morgan fingerprint density at radius 1 is 0.927 bits per heavy atom. The van der Waals surface area contributed by atoms with Crippen LogP contribution < -0.4 is 10.1 Å². The van der Waals surface area contributed by atoms with Crippen LogP contribution in [0.4, 0.5) is 0 Å². The zero-order valence-electron chi connectivity index (χ0n) is 23.3. The van der Waals surface area contributed by atoms with Crippen molar-refractivity contribution >= 4 is 34.1 Å². The van der Waals surface area contributed by atoms with Gasteiger partial charge in [-0.25, -0.2) is 9.97 Å². The number of hydrogen-bond acceptors (Lipinski definition) is 7. The fraction of sp³-hybridized carbons (Fsp3) is 0.375. The predicted molar refractivity (Wildman–Crippen MR) is 160 cm³/mol. The van der Waals surface area contributed by atoms with Gasteiger partial charge >= 0.3 is 0 Å². The number of amides is 2. The van der Waals surface area contributed by atoms with Crippen LogP contribution in [0.2, 0.25) is 0 Å². The Balaban J connectivity index is 1.000. The third-order valence-corrected chi connectivity index (χ3v) is 9.18. The Morgan fingerprint density at radius 2 is 1.66 bits per heavy atom. The highest BCUT2D eigenvalue weighted by Crippen LogP contribution is 2.32. The molecule has 0 radical (unpaired) electrons. The summed E-state index contributed by atoms with van der Waals surface area (Å²) in [5, 5.41) is 6.95. The number of nitrogens with zero attached hydrogens (tertiary/aromatic N) is 4. The molecular weight excluding hydrogens is 534 g/mol. The number of aromatic nitrogens is 2. The fourth-order valence-corrected chi connectivity index (χ4v) is 6.80. The van der Waals surface area contributed by atoms with Crippen molar-refractivity contribution in [3.63, 3.8) is 0 Å². The molecule has 0 unspecified atom stereocenters. The molecule has 2 aliphatic heterocycles. The smallest absolute Gasteiger partial charge is 0.272 e. The highest BCUT2D eigenvalue weighted by Gasteiger charge is 2.29. The lowest BCUT2D eigenvalue weighted by molar-refractivity contribution is 0.0707. The maximum Gasteiger partial charge on any atom is 0.272 e. The molecule has 2 fully saturated rings. The number of thiazole rings is 1. The Bertz CT molecular complexity index is 1510. The Kier molecular flexibility index (Phi) is 8.25. The number of para-hydroxylation sites is 1. The second-order valence-corrected chi connectivity index (χ2v) is 11.8. The number of carbonyl (C=O) groups is 2. The molecule has 0 bridgehead atoms. The quantitative estimate of drug-likeness (QED) is 0.333. The molecule has 0 atom stereocenters. The molecule has 0 aliphatic carbocycles. The largest absolute Gasteiger partial charge is 0.496 e. The third kappa shape index (κ3) is 6.26. The minimum absolute atomic E-state index is 0.0819. The van der Waals surface area contributed by atoms with Crippen molar-refractivity contribution in [2.24, 2.45) is 0 Å². The molecule has 2 amide bonds. The number of pyridine rings is 1. The number of likely N-dealkylation sites (tertiary alicyclic amines) is 2. The van der Waals surface area contributed by atoms with Gasteiger partial charge in [-0.3, -0.25) is 14.5 Å². The number of fused-ring (bicyclic) bond motifs is 1. The van der Waals surface area contributed by atoms with Gasteiger partial charge < -0.3 is 15.0 Å². The van der Waals surface area contributed by atoms with Gasteiger partial charge in [0.2, 0.25) is 0 Å². The summed E-state index contributed by atoms with van der Waals surface area (Å²) in [4.78, 5) is 39.9. The van der Waals surface area contributed by atoms with Crippen LogP contribution in [0, 0.1) is 0 Å². The average Bonchev–Trinajstić information content (AvgIpc) is 3.52. The first-order valence-corrected chi connectivity index (χ1v) is 15.2. The summed E-state index contributed by atoms with van der Waals surface area (Å²) in [6.45, 7) is 4.15. The van der Waals surface area contributed by atoms with Crippen LogP contribution in [-0.2, 0) is 6.54 Å². The molecule has 2 aliphatic rings. The lowest BCUT2D eigenvalue weighted by Gasteiger charge is -2.32. The molecule has 6 rings (SSSR count). The van der Waals surface area contributed by atoms with Crippen LogP contribution in [0.15, 0.2) is 66.0 Å². The normalized spacial score (nSPS) is 17.0. The summed E-state index contributed by atoms with van der Waals surface area (Å²) in [7, 11) is 1.61. The minimum Gasteiger partial charge on any atom is -0.496 e. The van der Waals surface area contributed by atoms with E-state index < -0.39 is 0 Å². The number of ether oxygens (including phenoxy) is 1. The van der Waals surface area contributed by atoms with E-state index in [9.17, 15) is 9.59 Å². The Hall–Kier alpha value is -3.82. The van der Waals surface area contributed by atoms with E-state index in [2.05, 4.69) is 39.5 Å². The SMILES string of the molecule is COc1cc(C(=O)N2CCC(c3nc(C(=O)NC4CCN(Cc5ccccc5)CC4)cs3)CC2)nc2ccccc12. The maximum atomic E-state index is 13.3. The van der Waals surface area contributed by atoms with Gasteiger partial charge in [-0.1, -0.05) is 42.5 Å². The zero-order chi connectivity index (χ0) is 28.2. The van der Waals surface area contributed by atoms with Crippen LogP contribution in [-0.4, -0.2) is 70.9 Å². The average molecular weight is 570 g/mol. The molecular formula is C32H35N5O3S. The first-order valence-electron chi connectivity index (χ1n) is 14.3. The van der Waals surface area contributed by atoms with E-state index in [1.807, 2.05) is 40.6 Å². The maximum absolute atomic E-state index is 13.3. The van der Waals surface area contributed by atoms with Crippen molar-refractivity contribution in [3.05, 3.63) is 88.0 Å². The fourth-order valence-electron chi connectivity index (χ4n) is 5.83. The molecule has 4 aromatic rings. The number of methoxy groups -OCH3 is 1. The summed E-state index contributed by atoms with van der Waals surface area (Å²) in [5.41, 5.74) is 2.97. The van der Waals surface area contributed by atoms with Crippen LogP contribution in [0.5, 0.6) is 5.75 Å². The van der Waals surface area contributed by atoms with Gasteiger partial charge in [0.25, 0.3) is 11.8 Å². The predicted octanol–water partition coefficient (Wildman–Crippen LogP) is 5.11. The monoisotopic (exact) mass is 569 g/mol. The number of hydrogen-bond donors (Lipinski definition) is 1. The number of carbonyl (C=O) groups excluding carboxylic acids is 2. The zero-order valence-corrected chi connectivity index (χ0v) is 24.1. The first-order chi connectivity index (χ1) is 20.1. The molecule has 212 valence electrons. The molecule has 4 heterocycles. The van der Waals surface area contributed by atoms with Gasteiger partial charge in [0.05, 0.1) is 17.6 Å². The molecule has 9 heteroatoms. The van der Waals surface area contributed by atoms with Crippen molar-refractivity contribution in [3.8, 4) is 5.75 Å².